The molecule has 2 heteroatoms. The van der Waals surface area contributed by atoms with Crippen molar-refractivity contribution in [3.63, 3.8) is 0 Å². The van der Waals surface area contributed by atoms with Gasteiger partial charge in [0, 0.05) is 16.5 Å². The van der Waals surface area contributed by atoms with Crippen LogP contribution >= 0.6 is 0 Å². The zero-order chi connectivity index (χ0) is 17.5. The molecule has 0 aliphatic heterocycles. The van der Waals surface area contributed by atoms with Gasteiger partial charge in [-0.25, -0.2) is 0 Å². The third-order valence-electron chi connectivity index (χ3n) is 3.81. The fraction of sp³-hybridized carbons (Fsp3) is 0.273. The minimum absolute atomic E-state index is 1.13. The van der Waals surface area contributed by atoms with Gasteiger partial charge in [-0.05, 0) is 28.6 Å². The molecule has 0 saturated carbocycles. The molecule has 2 aromatic carbocycles. The Kier molecular flexibility index (Phi) is 4.08. The molecule has 0 fully saturated rings. The van der Waals surface area contributed by atoms with Crippen molar-refractivity contribution in [1.29, 1.82) is 0 Å². The fourth-order valence-corrected chi connectivity index (χ4v) is 3.74. The Labute approximate surface area is 148 Å². The van der Waals surface area contributed by atoms with E-state index in [9.17, 15) is 0 Å². The van der Waals surface area contributed by atoms with Gasteiger partial charge in [0.15, 0.2) is 0 Å². The first-order valence-corrected chi connectivity index (χ1v) is 15.5. The molecule has 0 aromatic heterocycles. The van der Waals surface area contributed by atoms with E-state index in [1.54, 1.807) is 0 Å². The lowest BCUT2D eigenvalue weighted by Gasteiger charge is -2.10. The van der Waals surface area contributed by atoms with Crippen LogP contribution in [0.2, 0.25) is 39.3 Å². The summed E-state index contributed by atoms with van der Waals surface area (Å²) >= 11 is 0. The third kappa shape index (κ3) is 3.56. The first-order valence-electron chi connectivity index (χ1n) is 8.48. The molecule has 0 unspecified atom stereocenters. The van der Waals surface area contributed by atoms with Gasteiger partial charge in [0.2, 0.25) is 0 Å². The van der Waals surface area contributed by atoms with Crippen molar-refractivity contribution >= 4 is 39.1 Å². The molecular weight excluding hydrogens is 320 g/mol. The monoisotopic (exact) mass is 344 g/mol. The van der Waals surface area contributed by atoms with Crippen LogP contribution in [-0.2, 0) is 0 Å². The van der Waals surface area contributed by atoms with E-state index in [1.807, 2.05) is 0 Å². The maximum Gasteiger partial charge on any atom is 0.129 e. The Hall–Kier alpha value is -2.01. The summed E-state index contributed by atoms with van der Waals surface area (Å²) in [4.78, 5) is 0. The molecule has 120 valence electrons. The second-order valence-electron chi connectivity index (χ2n) is 8.49. The first-order chi connectivity index (χ1) is 11.1. The van der Waals surface area contributed by atoms with Crippen LogP contribution in [0, 0.1) is 22.9 Å². The van der Waals surface area contributed by atoms with Crippen LogP contribution in [0.3, 0.4) is 0 Å². The van der Waals surface area contributed by atoms with E-state index in [0.29, 0.717) is 0 Å². The summed E-state index contributed by atoms with van der Waals surface area (Å²) in [6.07, 6.45) is 4.40. The van der Waals surface area contributed by atoms with Gasteiger partial charge >= 0.3 is 0 Å². The van der Waals surface area contributed by atoms with Crippen molar-refractivity contribution in [2.45, 2.75) is 39.3 Å². The van der Waals surface area contributed by atoms with E-state index < -0.39 is 16.1 Å². The maximum atomic E-state index is 3.52. The molecule has 0 radical (unpaired) electrons. The molecule has 24 heavy (non-hydrogen) atoms. The second-order valence-corrected chi connectivity index (χ2v) is 18.0. The summed E-state index contributed by atoms with van der Waals surface area (Å²) in [7, 11) is -2.82. The lowest BCUT2D eigenvalue weighted by Crippen LogP contribution is -2.16. The highest BCUT2D eigenvalue weighted by molar-refractivity contribution is 6.84. The molecule has 1 aliphatic carbocycles. The molecule has 0 spiro atoms. The molecule has 2 aromatic rings. The van der Waals surface area contributed by atoms with Crippen molar-refractivity contribution in [3.8, 4) is 22.9 Å². The average Bonchev–Trinajstić information content (AvgIpc) is 2.88. The quantitative estimate of drug-likeness (QED) is 0.358. The summed E-state index contributed by atoms with van der Waals surface area (Å²) in [5, 5.41) is 2.56. The van der Waals surface area contributed by atoms with E-state index in [4.69, 9.17) is 0 Å². The number of benzene rings is 2. The normalized spacial score (nSPS) is 12.6. The van der Waals surface area contributed by atoms with Crippen LogP contribution in [0.15, 0.2) is 24.3 Å². The van der Waals surface area contributed by atoms with Gasteiger partial charge in [0.1, 0.15) is 16.1 Å². The molecule has 0 heterocycles. The van der Waals surface area contributed by atoms with E-state index in [-0.39, 0.29) is 0 Å². The predicted octanol–water partition coefficient (Wildman–Crippen LogP) is 5.78. The van der Waals surface area contributed by atoms with Crippen LogP contribution in [-0.4, -0.2) is 16.1 Å². The lowest BCUT2D eigenvalue weighted by atomic mass is 9.95. The molecule has 0 atom stereocenters. The standard InChI is InChI=1S/C22H24Si2/c1-23(2,3)15-13-19-11-9-17-7-8-18-10-12-20(22(19)21(17)18)14-16-24(4,5)6/h7-12H,1-6H3. The Morgan fingerprint density at radius 2 is 1.00 bits per heavy atom. The first kappa shape index (κ1) is 16.8. The molecule has 0 saturated heterocycles. The Balaban J connectivity index is 2.30. The smallest absolute Gasteiger partial charge is 0.127 e. The fourth-order valence-electron chi connectivity index (χ4n) is 2.72. The van der Waals surface area contributed by atoms with Crippen molar-refractivity contribution in [1.82, 2.24) is 0 Å². The third-order valence-corrected chi connectivity index (χ3v) is 5.56. The van der Waals surface area contributed by atoms with Gasteiger partial charge < -0.3 is 0 Å². The Morgan fingerprint density at radius 1 is 0.583 bits per heavy atom. The highest BCUT2D eigenvalue weighted by Gasteiger charge is 2.15. The SMILES string of the molecule is C[Si](C)(C)C#Cc1ccc2c3c(ccc(C#C[Si](C)(C)C)c13)C=C2. The minimum Gasteiger partial charge on any atom is -0.127 e. The minimum atomic E-state index is -1.41. The predicted molar refractivity (Wildman–Crippen MR) is 113 cm³/mol. The van der Waals surface area contributed by atoms with Crippen LogP contribution in [0.4, 0.5) is 0 Å². The van der Waals surface area contributed by atoms with Crippen molar-refractivity contribution < 1.29 is 0 Å². The number of hydrogen-bond acceptors (Lipinski definition) is 0. The van der Waals surface area contributed by atoms with Crippen LogP contribution in [0.25, 0.3) is 22.9 Å². The van der Waals surface area contributed by atoms with E-state index in [0.717, 1.165) is 11.1 Å². The zero-order valence-electron chi connectivity index (χ0n) is 15.5. The highest BCUT2D eigenvalue weighted by Crippen LogP contribution is 2.35. The number of hydrogen-bond donors (Lipinski definition) is 0. The van der Waals surface area contributed by atoms with Gasteiger partial charge in [0.05, 0.1) is 0 Å². The van der Waals surface area contributed by atoms with Crippen molar-refractivity contribution in [3.05, 3.63) is 46.5 Å². The summed E-state index contributed by atoms with van der Waals surface area (Å²) in [6, 6.07) is 8.73. The van der Waals surface area contributed by atoms with E-state index in [2.05, 4.69) is 98.6 Å². The molecule has 0 nitrogen and oxygen atoms in total. The summed E-state index contributed by atoms with van der Waals surface area (Å²) in [6.45, 7) is 13.7. The van der Waals surface area contributed by atoms with Crippen molar-refractivity contribution in [2.75, 3.05) is 0 Å². The largest absolute Gasteiger partial charge is 0.129 e. The Bertz CT molecular complexity index is 896. The van der Waals surface area contributed by atoms with Gasteiger partial charge in [-0.3, -0.25) is 0 Å². The van der Waals surface area contributed by atoms with Crippen LogP contribution < -0.4 is 0 Å². The molecule has 1 aliphatic rings. The van der Waals surface area contributed by atoms with E-state index in [1.165, 1.54) is 21.9 Å². The second kappa shape index (κ2) is 5.81. The van der Waals surface area contributed by atoms with Gasteiger partial charge in [-0.15, -0.1) is 11.1 Å². The maximum absolute atomic E-state index is 3.52. The molecule has 0 N–H and O–H groups in total. The highest BCUT2D eigenvalue weighted by atomic mass is 28.3. The Morgan fingerprint density at radius 3 is 1.38 bits per heavy atom. The molecule has 3 rings (SSSR count). The van der Waals surface area contributed by atoms with Crippen molar-refractivity contribution in [2.24, 2.45) is 0 Å². The zero-order valence-corrected chi connectivity index (χ0v) is 17.5. The number of rotatable bonds is 0. The summed E-state index contributed by atoms with van der Waals surface area (Å²) < 4.78 is 0. The van der Waals surface area contributed by atoms with E-state index >= 15 is 0 Å². The molecule has 0 amide bonds. The summed E-state index contributed by atoms with van der Waals surface area (Å²) in [5.74, 6) is 6.95. The molecule has 0 bridgehead atoms. The van der Waals surface area contributed by atoms with Crippen LogP contribution in [0.1, 0.15) is 22.3 Å². The van der Waals surface area contributed by atoms with Gasteiger partial charge in [0.25, 0.3) is 0 Å². The van der Waals surface area contributed by atoms with Crippen LogP contribution in [0.5, 0.6) is 0 Å². The summed E-state index contributed by atoms with van der Waals surface area (Å²) in [5.41, 5.74) is 11.9. The molecular formula is C22H24Si2. The topological polar surface area (TPSA) is 0 Å². The average molecular weight is 345 g/mol. The lowest BCUT2D eigenvalue weighted by molar-refractivity contribution is 1.65. The van der Waals surface area contributed by atoms with Gasteiger partial charge in [-0.1, -0.05) is 75.4 Å². The van der Waals surface area contributed by atoms with Gasteiger partial charge in [-0.2, -0.15) is 0 Å².